The summed E-state index contributed by atoms with van der Waals surface area (Å²) in [7, 11) is 0. The third kappa shape index (κ3) is 7.18. The Bertz CT molecular complexity index is 862. The first kappa shape index (κ1) is 25.0. The van der Waals surface area contributed by atoms with Crippen LogP contribution in [-0.2, 0) is 9.59 Å². The summed E-state index contributed by atoms with van der Waals surface area (Å²) < 4.78 is 0. The number of amides is 2. The van der Waals surface area contributed by atoms with E-state index < -0.39 is 11.7 Å². The molecular formula is C23H31Cl2N3O4. The lowest BCUT2D eigenvalue weighted by atomic mass is 9.95. The Kier molecular flexibility index (Phi) is 8.58. The van der Waals surface area contributed by atoms with Crippen molar-refractivity contribution in [2.45, 2.75) is 37.9 Å². The van der Waals surface area contributed by atoms with Crippen LogP contribution in [0.3, 0.4) is 0 Å². The van der Waals surface area contributed by atoms with Crippen molar-refractivity contribution in [1.82, 2.24) is 14.7 Å². The van der Waals surface area contributed by atoms with E-state index >= 15 is 0 Å². The third-order valence-electron chi connectivity index (χ3n) is 5.92. The Morgan fingerprint density at radius 3 is 2.69 bits per heavy atom. The van der Waals surface area contributed by atoms with E-state index in [0.717, 1.165) is 24.9 Å². The average molecular weight is 484 g/mol. The highest BCUT2D eigenvalue weighted by atomic mass is 35.5. The molecular weight excluding hydrogens is 453 g/mol. The Morgan fingerprint density at radius 1 is 1.19 bits per heavy atom. The van der Waals surface area contributed by atoms with Crippen LogP contribution in [0.1, 0.15) is 31.7 Å². The number of carbonyl (C=O) groups is 2. The number of β-amino-alcohol motifs (C(OH)–C–C–N with tert-alkyl or cyclic N) is 2. The number of hydrogen-bond acceptors (Lipinski definition) is 5. The van der Waals surface area contributed by atoms with E-state index in [1.54, 1.807) is 34.1 Å². The molecule has 1 aromatic carbocycles. The van der Waals surface area contributed by atoms with E-state index in [2.05, 4.69) is 0 Å². The van der Waals surface area contributed by atoms with Crippen molar-refractivity contribution in [3.63, 3.8) is 0 Å². The van der Waals surface area contributed by atoms with Crippen LogP contribution in [0.25, 0.3) is 6.08 Å². The maximum Gasteiger partial charge on any atom is 0.246 e. The number of likely N-dealkylation sites (tertiary alicyclic amines) is 1. The average Bonchev–Trinajstić information content (AvgIpc) is 2.90. The first-order valence-electron chi connectivity index (χ1n) is 11.0. The van der Waals surface area contributed by atoms with Crippen LogP contribution in [0, 0.1) is 0 Å². The second kappa shape index (κ2) is 11.0. The van der Waals surface area contributed by atoms with Crippen LogP contribution in [0.15, 0.2) is 24.3 Å². The van der Waals surface area contributed by atoms with Crippen LogP contribution < -0.4 is 0 Å². The van der Waals surface area contributed by atoms with E-state index in [4.69, 9.17) is 23.2 Å². The molecule has 3 rings (SSSR count). The highest BCUT2D eigenvalue weighted by Gasteiger charge is 2.30. The molecule has 9 heteroatoms. The third-order valence-corrected chi connectivity index (χ3v) is 6.65. The lowest BCUT2D eigenvalue weighted by molar-refractivity contribution is -0.132. The largest absolute Gasteiger partial charge is 0.390 e. The second-order valence-electron chi connectivity index (χ2n) is 8.91. The van der Waals surface area contributed by atoms with Gasteiger partial charge in [0.1, 0.15) is 0 Å². The summed E-state index contributed by atoms with van der Waals surface area (Å²) in [6, 6.07) is 5.13. The Morgan fingerprint density at radius 2 is 1.97 bits per heavy atom. The van der Waals surface area contributed by atoms with Crippen LogP contribution in [0.5, 0.6) is 0 Å². The van der Waals surface area contributed by atoms with Crippen molar-refractivity contribution in [3.05, 3.63) is 39.9 Å². The summed E-state index contributed by atoms with van der Waals surface area (Å²) in [6.07, 6.45) is 4.30. The summed E-state index contributed by atoms with van der Waals surface area (Å²) in [5.74, 6) is -0.250. The van der Waals surface area contributed by atoms with Gasteiger partial charge in [-0.05, 0) is 50.1 Å². The quantitative estimate of drug-likeness (QED) is 0.606. The van der Waals surface area contributed by atoms with Crippen molar-refractivity contribution in [1.29, 1.82) is 0 Å². The molecule has 2 N–H and O–H groups in total. The maximum atomic E-state index is 12.6. The molecule has 0 aliphatic carbocycles. The standard InChI is InChI=1S/C23H31Cl2N3O4/c1-23(32)8-2-9-26(16-23)14-18(29)15-28-12-11-27(10-7-22(28)31)21(30)6-4-17-3-5-19(24)20(25)13-17/h3-6,13,18,29,32H,2,7-12,14-16H2,1H3. The number of piperidine rings is 1. The zero-order chi connectivity index (χ0) is 23.3. The molecule has 0 saturated carbocycles. The summed E-state index contributed by atoms with van der Waals surface area (Å²) in [5, 5.41) is 21.6. The van der Waals surface area contributed by atoms with Gasteiger partial charge in [-0.15, -0.1) is 0 Å². The molecule has 7 nitrogen and oxygen atoms in total. The fraction of sp³-hybridized carbons (Fsp3) is 0.565. The fourth-order valence-corrected chi connectivity index (χ4v) is 4.56. The SMILES string of the molecule is CC1(O)CCCN(CC(O)CN2CCN(C(=O)C=Cc3ccc(Cl)c(Cl)c3)CCC2=O)C1. The van der Waals surface area contributed by atoms with Gasteiger partial charge in [-0.3, -0.25) is 14.5 Å². The number of benzene rings is 1. The predicted octanol–water partition coefficient (Wildman–Crippen LogP) is 2.28. The van der Waals surface area contributed by atoms with Gasteiger partial charge >= 0.3 is 0 Å². The van der Waals surface area contributed by atoms with Gasteiger partial charge in [-0.1, -0.05) is 29.3 Å². The molecule has 2 fully saturated rings. The zero-order valence-corrected chi connectivity index (χ0v) is 19.9. The molecule has 176 valence electrons. The van der Waals surface area contributed by atoms with Crippen molar-refractivity contribution >= 4 is 41.1 Å². The zero-order valence-electron chi connectivity index (χ0n) is 18.3. The van der Waals surface area contributed by atoms with E-state index in [0.29, 0.717) is 42.8 Å². The highest BCUT2D eigenvalue weighted by Crippen LogP contribution is 2.23. The smallest absolute Gasteiger partial charge is 0.246 e. The van der Waals surface area contributed by atoms with Gasteiger partial charge in [0.2, 0.25) is 11.8 Å². The summed E-state index contributed by atoms with van der Waals surface area (Å²) in [6.45, 7) is 4.91. The van der Waals surface area contributed by atoms with Gasteiger partial charge in [0.25, 0.3) is 0 Å². The monoisotopic (exact) mass is 483 g/mol. The van der Waals surface area contributed by atoms with Crippen LogP contribution >= 0.6 is 23.2 Å². The molecule has 0 aromatic heterocycles. The van der Waals surface area contributed by atoms with Gasteiger partial charge < -0.3 is 20.0 Å². The first-order chi connectivity index (χ1) is 15.1. The molecule has 0 spiro atoms. The fourth-order valence-electron chi connectivity index (χ4n) is 4.26. The Labute approximate surface area is 199 Å². The molecule has 32 heavy (non-hydrogen) atoms. The van der Waals surface area contributed by atoms with Gasteiger partial charge in [-0.25, -0.2) is 0 Å². The van der Waals surface area contributed by atoms with Crippen molar-refractivity contribution in [2.75, 3.05) is 45.8 Å². The van der Waals surface area contributed by atoms with Crippen LogP contribution in [0.2, 0.25) is 10.0 Å². The number of carbonyl (C=O) groups excluding carboxylic acids is 2. The number of hydrogen-bond donors (Lipinski definition) is 2. The number of rotatable bonds is 6. The van der Waals surface area contributed by atoms with Crippen molar-refractivity contribution in [3.8, 4) is 0 Å². The van der Waals surface area contributed by atoms with Gasteiger partial charge in [0, 0.05) is 51.8 Å². The van der Waals surface area contributed by atoms with Crippen LogP contribution in [0.4, 0.5) is 0 Å². The van der Waals surface area contributed by atoms with Gasteiger partial charge in [0.15, 0.2) is 0 Å². The molecule has 0 bridgehead atoms. The maximum absolute atomic E-state index is 12.6. The van der Waals surface area contributed by atoms with Gasteiger partial charge in [0.05, 0.1) is 21.8 Å². The number of halogens is 2. The van der Waals surface area contributed by atoms with E-state index in [1.165, 1.54) is 6.08 Å². The second-order valence-corrected chi connectivity index (χ2v) is 9.73. The molecule has 2 aliphatic heterocycles. The predicted molar refractivity (Wildman–Crippen MR) is 126 cm³/mol. The molecule has 2 unspecified atom stereocenters. The molecule has 0 radical (unpaired) electrons. The number of aliphatic hydroxyl groups is 2. The lowest BCUT2D eigenvalue weighted by Gasteiger charge is -2.38. The molecule has 2 atom stereocenters. The number of aliphatic hydroxyl groups excluding tert-OH is 1. The van der Waals surface area contributed by atoms with E-state index in [1.807, 2.05) is 11.8 Å². The first-order valence-corrected chi connectivity index (χ1v) is 11.7. The minimum absolute atomic E-state index is 0.0709. The molecule has 2 aliphatic rings. The summed E-state index contributed by atoms with van der Waals surface area (Å²) in [5.41, 5.74) is 0.0300. The molecule has 2 heterocycles. The van der Waals surface area contributed by atoms with Crippen molar-refractivity contribution in [2.24, 2.45) is 0 Å². The molecule has 2 amide bonds. The summed E-state index contributed by atoms with van der Waals surface area (Å²) >= 11 is 11.9. The van der Waals surface area contributed by atoms with E-state index in [9.17, 15) is 19.8 Å². The normalized spacial score (nSPS) is 24.1. The minimum Gasteiger partial charge on any atom is -0.390 e. The Balaban J connectivity index is 1.51. The van der Waals surface area contributed by atoms with Gasteiger partial charge in [-0.2, -0.15) is 0 Å². The minimum atomic E-state index is -0.734. The lowest BCUT2D eigenvalue weighted by Crippen LogP contribution is -2.50. The van der Waals surface area contributed by atoms with Crippen molar-refractivity contribution < 1.29 is 19.8 Å². The topological polar surface area (TPSA) is 84.3 Å². The molecule has 1 aromatic rings. The highest BCUT2D eigenvalue weighted by molar-refractivity contribution is 6.42. The Hall–Kier alpha value is -1.64. The van der Waals surface area contributed by atoms with E-state index in [-0.39, 0.29) is 24.8 Å². The molecule has 2 saturated heterocycles. The number of nitrogens with zero attached hydrogens (tertiary/aromatic N) is 3. The summed E-state index contributed by atoms with van der Waals surface area (Å²) in [4.78, 5) is 30.5. The van der Waals surface area contributed by atoms with Crippen LogP contribution in [-0.4, -0.2) is 94.2 Å².